The van der Waals surface area contributed by atoms with Gasteiger partial charge in [-0.05, 0) is 19.0 Å². The first-order valence-corrected chi connectivity index (χ1v) is 11.2. The first-order chi connectivity index (χ1) is 13.2. The monoisotopic (exact) mass is 378 g/mol. The van der Waals surface area contributed by atoms with Crippen LogP contribution in [0.4, 0.5) is 0 Å². The van der Waals surface area contributed by atoms with E-state index in [0.29, 0.717) is 0 Å². The molecule has 4 bridgehead atoms. The summed E-state index contributed by atoms with van der Waals surface area (Å²) in [6.07, 6.45) is 8.61. The second-order valence-corrected chi connectivity index (χ2v) is 8.32. The lowest BCUT2D eigenvalue weighted by atomic mass is 9.70. The third-order valence-electron chi connectivity index (χ3n) is 6.18. The van der Waals surface area contributed by atoms with Crippen molar-refractivity contribution in [3.8, 4) is 0 Å². The first-order valence-electron chi connectivity index (χ1n) is 11.2. The molecule has 4 fully saturated rings. The fraction of sp³-hybridized carbons (Fsp3) is 1.00. The Hall–Kier alpha value is -0.0452. The fourth-order valence-corrected chi connectivity index (χ4v) is 4.72. The van der Waals surface area contributed by atoms with Crippen molar-refractivity contribution in [2.45, 2.75) is 115 Å². The van der Waals surface area contributed by atoms with E-state index >= 15 is 0 Å². The van der Waals surface area contributed by atoms with Crippen LogP contribution in [0.2, 0.25) is 19.0 Å². The lowest BCUT2D eigenvalue weighted by Crippen LogP contribution is -2.74. The fourth-order valence-electron chi connectivity index (χ4n) is 4.72. The molecule has 1 saturated carbocycles. The number of fused-ring (bicyclic) bond motifs is 3. The van der Waals surface area contributed by atoms with Gasteiger partial charge >= 0.3 is 21.4 Å². The molecule has 3 saturated heterocycles. The van der Waals surface area contributed by atoms with Crippen molar-refractivity contribution < 1.29 is 27.9 Å². The van der Waals surface area contributed by atoms with Crippen LogP contribution in [0.25, 0.3) is 0 Å². The standard InChI is InChI=1S/C18H33B3O6/c1-4-7-10-19-22-13-14-15(24-19)17-18(27-21(26-17)12-9-6-3)16(13)25-20(23-14)11-8-5-2/h13-18H,4-12H2,1-3H3. The van der Waals surface area contributed by atoms with Gasteiger partial charge in [-0.1, -0.05) is 59.3 Å². The summed E-state index contributed by atoms with van der Waals surface area (Å²) in [5.41, 5.74) is 0. The van der Waals surface area contributed by atoms with Gasteiger partial charge < -0.3 is 27.9 Å². The van der Waals surface area contributed by atoms with E-state index in [1.807, 2.05) is 0 Å². The van der Waals surface area contributed by atoms with Gasteiger partial charge in [-0.2, -0.15) is 0 Å². The largest absolute Gasteiger partial charge is 0.457 e. The van der Waals surface area contributed by atoms with E-state index in [1.54, 1.807) is 0 Å². The molecule has 4 rings (SSSR count). The Bertz CT molecular complexity index is 440. The highest BCUT2D eigenvalue weighted by Crippen LogP contribution is 2.44. The number of unbranched alkanes of at least 4 members (excludes halogenated alkanes) is 3. The third kappa shape index (κ3) is 4.14. The van der Waals surface area contributed by atoms with Gasteiger partial charge in [0.05, 0.1) is 36.6 Å². The average molecular weight is 378 g/mol. The van der Waals surface area contributed by atoms with Crippen molar-refractivity contribution in [3.63, 3.8) is 0 Å². The van der Waals surface area contributed by atoms with Gasteiger partial charge in [0, 0.05) is 0 Å². The summed E-state index contributed by atoms with van der Waals surface area (Å²) in [5.74, 6) is 0. The average Bonchev–Trinajstić information content (AvgIpc) is 3.10. The summed E-state index contributed by atoms with van der Waals surface area (Å²) in [6.45, 7) is 6.56. The molecule has 1 aliphatic carbocycles. The minimum absolute atomic E-state index is 0.127. The molecule has 3 aliphatic heterocycles. The molecule has 0 radical (unpaired) electrons. The maximum atomic E-state index is 6.36. The van der Waals surface area contributed by atoms with Crippen molar-refractivity contribution in [1.29, 1.82) is 0 Å². The zero-order chi connectivity index (χ0) is 18.8. The zero-order valence-electron chi connectivity index (χ0n) is 17.0. The minimum atomic E-state index is -0.197. The van der Waals surface area contributed by atoms with Crippen LogP contribution in [0, 0.1) is 0 Å². The van der Waals surface area contributed by atoms with Gasteiger partial charge in [0.1, 0.15) is 0 Å². The van der Waals surface area contributed by atoms with E-state index in [9.17, 15) is 0 Å². The molecule has 4 aliphatic rings. The molecule has 0 aromatic rings. The number of hydrogen-bond donors (Lipinski definition) is 0. The van der Waals surface area contributed by atoms with Crippen LogP contribution >= 0.6 is 0 Å². The summed E-state index contributed by atoms with van der Waals surface area (Å²) in [4.78, 5) is 0. The molecule has 3 heterocycles. The van der Waals surface area contributed by atoms with Gasteiger partial charge in [-0.15, -0.1) is 0 Å². The van der Waals surface area contributed by atoms with E-state index in [-0.39, 0.29) is 58.0 Å². The molecule has 0 aromatic carbocycles. The SMILES string of the molecule is CCCCB1OC2C(O1)C1OB(CCCC)OC3C1OB(CCCC)OC23. The molecule has 6 nitrogen and oxygen atoms in total. The third-order valence-corrected chi connectivity index (χ3v) is 6.18. The Kier molecular flexibility index (Phi) is 6.88. The highest BCUT2D eigenvalue weighted by Gasteiger charge is 2.64. The molecule has 0 amide bonds. The minimum Gasteiger partial charge on any atom is -0.403 e. The van der Waals surface area contributed by atoms with E-state index in [1.165, 1.54) is 0 Å². The van der Waals surface area contributed by atoms with Crippen LogP contribution in [0.1, 0.15) is 59.3 Å². The summed E-state index contributed by atoms with van der Waals surface area (Å²) < 4.78 is 37.9. The van der Waals surface area contributed by atoms with E-state index in [0.717, 1.165) is 57.5 Å². The molecule has 0 aromatic heterocycles. The quantitative estimate of drug-likeness (QED) is 0.575. The first kappa shape index (κ1) is 20.2. The van der Waals surface area contributed by atoms with E-state index in [2.05, 4.69) is 20.8 Å². The molecule has 0 atom stereocenters. The molecule has 0 spiro atoms. The lowest BCUT2D eigenvalue weighted by Gasteiger charge is -2.56. The maximum Gasteiger partial charge on any atom is 0.457 e. The van der Waals surface area contributed by atoms with Gasteiger partial charge in [0.2, 0.25) is 0 Å². The molecule has 150 valence electrons. The van der Waals surface area contributed by atoms with Crippen LogP contribution in [-0.2, 0) is 27.9 Å². The van der Waals surface area contributed by atoms with Crippen molar-refractivity contribution in [1.82, 2.24) is 0 Å². The second kappa shape index (κ2) is 9.18. The van der Waals surface area contributed by atoms with Crippen LogP contribution in [0.3, 0.4) is 0 Å². The maximum absolute atomic E-state index is 6.36. The Morgan fingerprint density at radius 3 is 0.852 bits per heavy atom. The van der Waals surface area contributed by atoms with Crippen LogP contribution in [0.5, 0.6) is 0 Å². The predicted molar refractivity (Wildman–Crippen MR) is 106 cm³/mol. The predicted octanol–water partition coefficient (Wildman–Crippen LogP) is 3.22. The van der Waals surface area contributed by atoms with Gasteiger partial charge in [0.15, 0.2) is 0 Å². The van der Waals surface area contributed by atoms with Gasteiger partial charge in [-0.3, -0.25) is 0 Å². The van der Waals surface area contributed by atoms with Crippen molar-refractivity contribution in [3.05, 3.63) is 0 Å². The molecule has 9 heteroatoms. The topological polar surface area (TPSA) is 55.4 Å². The molecule has 0 N–H and O–H groups in total. The van der Waals surface area contributed by atoms with E-state index in [4.69, 9.17) is 27.9 Å². The highest BCUT2D eigenvalue weighted by atomic mass is 16.7. The van der Waals surface area contributed by atoms with Crippen molar-refractivity contribution in [2.24, 2.45) is 0 Å². The smallest absolute Gasteiger partial charge is 0.403 e. The van der Waals surface area contributed by atoms with Crippen LogP contribution in [0.15, 0.2) is 0 Å². The van der Waals surface area contributed by atoms with Crippen LogP contribution in [-0.4, -0.2) is 58.0 Å². The Labute approximate surface area is 164 Å². The molecule has 0 unspecified atom stereocenters. The molecule has 27 heavy (non-hydrogen) atoms. The number of rotatable bonds is 9. The summed E-state index contributed by atoms with van der Waals surface area (Å²) >= 11 is 0. The lowest BCUT2D eigenvalue weighted by molar-refractivity contribution is -0.230. The zero-order valence-corrected chi connectivity index (χ0v) is 17.0. The normalized spacial score (nSPS) is 37.7. The second-order valence-electron chi connectivity index (χ2n) is 8.32. The van der Waals surface area contributed by atoms with E-state index < -0.39 is 0 Å². The van der Waals surface area contributed by atoms with Crippen LogP contribution < -0.4 is 0 Å². The van der Waals surface area contributed by atoms with Gasteiger partial charge in [0.25, 0.3) is 0 Å². The van der Waals surface area contributed by atoms with Crippen molar-refractivity contribution in [2.75, 3.05) is 0 Å². The summed E-state index contributed by atoms with van der Waals surface area (Å²) in [6, 6.07) is 0. The molecular weight excluding hydrogens is 345 g/mol. The summed E-state index contributed by atoms with van der Waals surface area (Å²) in [7, 11) is -0.564. The Morgan fingerprint density at radius 1 is 0.444 bits per heavy atom. The number of hydrogen-bond acceptors (Lipinski definition) is 6. The van der Waals surface area contributed by atoms with Gasteiger partial charge in [-0.25, -0.2) is 0 Å². The van der Waals surface area contributed by atoms with Crippen molar-refractivity contribution >= 4 is 21.4 Å². The molecular formula is C18H33B3O6. The highest BCUT2D eigenvalue weighted by molar-refractivity contribution is 6.47. The Balaban J connectivity index is 1.50. The Morgan fingerprint density at radius 2 is 0.667 bits per heavy atom. The summed E-state index contributed by atoms with van der Waals surface area (Å²) in [5, 5.41) is 0.